The standard InChI is InChI=1S/C20H26O4/c1-12(21)23-16-7-5-14-13-4-6-17-20(3,11-9-18(22)24-17)15(13)8-10-19(14,16)2/h6,8,13-14,16H,4-5,7,9-11H2,1-3H3. The molecule has 1 aliphatic heterocycles. The molecule has 4 rings (SSSR count). The zero-order valence-corrected chi connectivity index (χ0v) is 14.8. The van der Waals surface area contributed by atoms with Crippen LogP contribution < -0.4 is 0 Å². The fraction of sp³-hybridized carbons (Fsp3) is 0.700. The largest absolute Gasteiger partial charge is 0.462 e. The number of hydrogen-bond acceptors (Lipinski definition) is 4. The predicted octanol–water partition coefficient (Wildman–Crippen LogP) is 3.91. The molecule has 0 radical (unpaired) electrons. The maximum absolute atomic E-state index is 11.7. The van der Waals surface area contributed by atoms with Crippen LogP contribution in [0.4, 0.5) is 0 Å². The first-order chi connectivity index (χ1) is 11.3. The molecule has 0 spiro atoms. The molecule has 1 heterocycles. The second-order valence-electron chi connectivity index (χ2n) is 8.37. The Bertz CT molecular complexity index is 661. The summed E-state index contributed by atoms with van der Waals surface area (Å²) in [6.45, 7) is 6.02. The highest BCUT2D eigenvalue weighted by molar-refractivity contribution is 5.73. The molecule has 24 heavy (non-hydrogen) atoms. The number of esters is 2. The predicted molar refractivity (Wildman–Crippen MR) is 88.7 cm³/mol. The van der Waals surface area contributed by atoms with Gasteiger partial charge in [-0.05, 0) is 56.9 Å². The van der Waals surface area contributed by atoms with Crippen molar-refractivity contribution in [2.45, 2.75) is 65.4 Å². The zero-order chi connectivity index (χ0) is 17.1. The van der Waals surface area contributed by atoms with E-state index in [1.165, 1.54) is 12.5 Å². The van der Waals surface area contributed by atoms with E-state index in [0.29, 0.717) is 18.3 Å². The normalized spacial score (nSPS) is 43.6. The first-order valence-electron chi connectivity index (χ1n) is 9.13. The van der Waals surface area contributed by atoms with Crippen molar-refractivity contribution in [1.82, 2.24) is 0 Å². The van der Waals surface area contributed by atoms with Gasteiger partial charge >= 0.3 is 11.9 Å². The fourth-order valence-electron chi connectivity index (χ4n) is 5.74. The van der Waals surface area contributed by atoms with E-state index >= 15 is 0 Å². The summed E-state index contributed by atoms with van der Waals surface area (Å²) in [6.07, 6.45) is 9.82. The maximum Gasteiger partial charge on any atom is 0.310 e. The molecule has 1 saturated carbocycles. The number of hydrogen-bond donors (Lipinski definition) is 0. The Hall–Kier alpha value is -1.58. The molecule has 0 amide bonds. The summed E-state index contributed by atoms with van der Waals surface area (Å²) in [6, 6.07) is 0. The highest BCUT2D eigenvalue weighted by Crippen LogP contribution is 2.62. The lowest BCUT2D eigenvalue weighted by Gasteiger charge is -2.51. The summed E-state index contributed by atoms with van der Waals surface area (Å²) in [5.41, 5.74) is 1.36. The summed E-state index contributed by atoms with van der Waals surface area (Å²) in [5, 5.41) is 0. The van der Waals surface area contributed by atoms with Crippen molar-refractivity contribution in [2.75, 3.05) is 0 Å². The van der Waals surface area contributed by atoms with E-state index in [0.717, 1.165) is 37.9 Å². The van der Waals surface area contributed by atoms with Crippen LogP contribution in [-0.2, 0) is 19.1 Å². The molecule has 1 saturated heterocycles. The number of ether oxygens (including phenoxy) is 2. The molecule has 130 valence electrons. The Kier molecular flexibility index (Phi) is 3.45. The van der Waals surface area contributed by atoms with E-state index < -0.39 is 0 Å². The minimum absolute atomic E-state index is 0.0279. The van der Waals surface area contributed by atoms with Gasteiger partial charge in [0.15, 0.2) is 0 Å². The fourth-order valence-corrected chi connectivity index (χ4v) is 5.74. The van der Waals surface area contributed by atoms with E-state index in [4.69, 9.17) is 9.47 Å². The van der Waals surface area contributed by atoms with Gasteiger partial charge in [-0.3, -0.25) is 9.59 Å². The Balaban J connectivity index is 1.68. The summed E-state index contributed by atoms with van der Waals surface area (Å²) in [5.74, 6) is 1.60. The molecule has 0 aromatic rings. The Morgan fingerprint density at radius 1 is 1.29 bits per heavy atom. The molecule has 2 fully saturated rings. The first kappa shape index (κ1) is 15.9. The Morgan fingerprint density at radius 2 is 2.08 bits per heavy atom. The van der Waals surface area contributed by atoms with Gasteiger partial charge in [-0.1, -0.05) is 18.6 Å². The van der Waals surface area contributed by atoms with E-state index in [-0.39, 0.29) is 28.9 Å². The van der Waals surface area contributed by atoms with Crippen LogP contribution in [0.15, 0.2) is 23.5 Å². The van der Waals surface area contributed by atoms with Crippen molar-refractivity contribution < 1.29 is 19.1 Å². The number of fused-ring (bicyclic) bond motifs is 5. The third kappa shape index (κ3) is 2.11. The number of allylic oxidation sites excluding steroid dienone is 3. The second kappa shape index (κ2) is 5.21. The SMILES string of the molecule is CC(=O)OC1CCC2C3CC=C4OC(=O)CCC4(C)C3=CCC12C. The molecule has 0 aromatic heterocycles. The minimum Gasteiger partial charge on any atom is -0.462 e. The van der Waals surface area contributed by atoms with Gasteiger partial charge in [0.2, 0.25) is 0 Å². The monoisotopic (exact) mass is 330 g/mol. The van der Waals surface area contributed by atoms with Crippen molar-refractivity contribution in [3.8, 4) is 0 Å². The van der Waals surface area contributed by atoms with Crippen LogP contribution in [0.2, 0.25) is 0 Å². The highest BCUT2D eigenvalue weighted by Gasteiger charge is 2.57. The van der Waals surface area contributed by atoms with E-state index in [1.807, 2.05) is 0 Å². The average Bonchev–Trinajstić information content (AvgIpc) is 2.84. The molecule has 5 unspecified atom stereocenters. The van der Waals surface area contributed by atoms with Crippen molar-refractivity contribution in [1.29, 1.82) is 0 Å². The molecule has 0 N–H and O–H groups in total. The quantitative estimate of drug-likeness (QED) is 0.540. The van der Waals surface area contributed by atoms with Crippen LogP contribution in [0, 0.1) is 22.7 Å². The van der Waals surface area contributed by atoms with Crippen LogP contribution in [0.1, 0.15) is 59.3 Å². The van der Waals surface area contributed by atoms with E-state index in [1.54, 1.807) is 0 Å². The Morgan fingerprint density at radius 3 is 2.83 bits per heavy atom. The molecule has 3 aliphatic carbocycles. The minimum atomic E-state index is -0.173. The van der Waals surface area contributed by atoms with Gasteiger partial charge in [0.25, 0.3) is 0 Å². The van der Waals surface area contributed by atoms with Gasteiger partial charge in [-0.15, -0.1) is 0 Å². The van der Waals surface area contributed by atoms with Crippen molar-refractivity contribution in [2.24, 2.45) is 22.7 Å². The van der Waals surface area contributed by atoms with Gasteiger partial charge in [-0.2, -0.15) is 0 Å². The highest BCUT2D eigenvalue weighted by atomic mass is 16.5. The van der Waals surface area contributed by atoms with Crippen LogP contribution in [0.5, 0.6) is 0 Å². The average molecular weight is 330 g/mol. The van der Waals surface area contributed by atoms with Gasteiger partial charge in [-0.25, -0.2) is 0 Å². The third-order valence-corrected chi connectivity index (χ3v) is 7.07. The summed E-state index contributed by atoms with van der Waals surface area (Å²) >= 11 is 0. The van der Waals surface area contributed by atoms with Gasteiger partial charge in [0.05, 0.1) is 0 Å². The molecule has 4 aliphatic rings. The van der Waals surface area contributed by atoms with Crippen LogP contribution >= 0.6 is 0 Å². The lowest BCUT2D eigenvalue weighted by molar-refractivity contribution is -0.153. The maximum atomic E-state index is 11.7. The molecule has 4 nitrogen and oxygen atoms in total. The van der Waals surface area contributed by atoms with Crippen molar-refractivity contribution in [3.63, 3.8) is 0 Å². The van der Waals surface area contributed by atoms with Crippen molar-refractivity contribution in [3.05, 3.63) is 23.5 Å². The first-order valence-corrected chi connectivity index (χ1v) is 9.13. The molecular formula is C20H26O4. The van der Waals surface area contributed by atoms with Gasteiger partial charge < -0.3 is 9.47 Å². The number of carbonyl (C=O) groups excluding carboxylic acids is 2. The molecule has 0 aromatic carbocycles. The molecule has 5 atom stereocenters. The molecule has 0 bridgehead atoms. The summed E-state index contributed by atoms with van der Waals surface area (Å²) in [7, 11) is 0. The van der Waals surface area contributed by atoms with Crippen molar-refractivity contribution >= 4 is 11.9 Å². The van der Waals surface area contributed by atoms with E-state index in [2.05, 4.69) is 26.0 Å². The third-order valence-electron chi connectivity index (χ3n) is 7.07. The number of rotatable bonds is 1. The van der Waals surface area contributed by atoms with Gasteiger partial charge in [0.1, 0.15) is 11.9 Å². The lowest BCUT2D eigenvalue weighted by atomic mass is 9.55. The lowest BCUT2D eigenvalue weighted by Crippen LogP contribution is -2.46. The summed E-state index contributed by atoms with van der Waals surface area (Å²) in [4.78, 5) is 23.1. The van der Waals surface area contributed by atoms with E-state index in [9.17, 15) is 9.59 Å². The van der Waals surface area contributed by atoms with Crippen LogP contribution in [-0.4, -0.2) is 18.0 Å². The smallest absolute Gasteiger partial charge is 0.310 e. The Labute approximate surface area is 143 Å². The topological polar surface area (TPSA) is 52.6 Å². The second-order valence-corrected chi connectivity index (χ2v) is 8.37. The van der Waals surface area contributed by atoms with Crippen LogP contribution in [0.25, 0.3) is 0 Å². The summed E-state index contributed by atoms with van der Waals surface area (Å²) < 4.78 is 11.2. The molecule has 4 heteroatoms. The van der Waals surface area contributed by atoms with Crippen LogP contribution in [0.3, 0.4) is 0 Å². The number of carbonyl (C=O) groups is 2. The zero-order valence-electron chi connectivity index (χ0n) is 14.8. The molecular weight excluding hydrogens is 304 g/mol. The van der Waals surface area contributed by atoms with Gasteiger partial charge in [0, 0.05) is 24.2 Å².